The molecule has 0 N–H and O–H groups in total. The van der Waals surface area contributed by atoms with Crippen LogP contribution in [0, 0.1) is 0 Å². The third-order valence-corrected chi connectivity index (χ3v) is 2.50. The van der Waals surface area contributed by atoms with Crippen molar-refractivity contribution in [2.75, 3.05) is 12.9 Å². The van der Waals surface area contributed by atoms with Crippen molar-refractivity contribution in [3.8, 4) is 0 Å². The van der Waals surface area contributed by atoms with E-state index in [1.807, 2.05) is 0 Å². The predicted octanol–water partition coefficient (Wildman–Crippen LogP) is 0.895. The van der Waals surface area contributed by atoms with Crippen LogP contribution in [0.4, 0.5) is 0 Å². The van der Waals surface area contributed by atoms with Crippen LogP contribution in [0.3, 0.4) is 0 Å². The second kappa shape index (κ2) is 5.63. The van der Waals surface area contributed by atoms with Crippen molar-refractivity contribution in [1.82, 2.24) is 0 Å². The van der Waals surface area contributed by atoms with E-state index in [-0.39, 0.29) is 5.75 Å². The maximum Gasteiger partial charge on any atom is 0.338 e. The van der Waals surface area contributed by atoms with Gasteiger partial charge < -0.3 is 9.29 Å². The van der Waals surface area contributed by atoms with Gasteiger partial charge in [-0.05, 0) is 18.1 Å². The first-order valence-electron chi connectivity index (χ1n) is 4.37. The summed E-state index contributed by atoms with van der Waals surface area (Å²) in [5, 5.41) is 0. The fourth-order valence-corrected chi connectivity index (χ4v) is 1.63. The quantitative estimate of drug-likeness (QED) is 0.566. The van der Waals surface area contributed by atoms with Gasteiger partial charge in [0.05, 0.1) is 12.7 Å². The molecule has 0 fully saturated rings. The number of esters is 1. The van der Waals surface area contributed by atoms with Crippen molar-refractivity contribution < 1.29 is 18.3 Å². The smallest absolute Gasteiger partial charge is 0.338 e. The van der Waals surface area contributed by atoms with Gasteiger partial charge in [0.2, 0.25) is 0 Å². The Morgan fingerprint density at radius 3 is 2.73 bits per heavy atom. The number of aryl methyl sites for hydroxylation is 1. The highest BCUT2D eigenvalue weighted by atomic mass is 32.2. The summed E-state index contributed by atoms with van der Waals surface area (Å²) >= 11 is -2.09. The molecule has 0 aliphatic heterocycles. The zero-order valence-electron chi connectivity index (χ0n) is 8.26. The Hall–Kier alpha value is -1.20. The topological polar surface area (TPSA) is 66.4 Å². The molecule has 0 aliphatic rings. The molecule has 15 heavy (non-hydrogen) atoms. The van der Waals surface area contributed by atoms with Crippen molar-refractivity contribution in [3.05, 3.63) is 35.4 Å². The minimum atomic E-state index is -2.09. The average molecular weight is 227 g/mol. The molecule has 1 unspecified atom stereocenters. The molecule has 1 aromatic carbocycles. The van der Waals surface area contributed by atoms with Crippen LogP contribution < -0.4 is 0 Å². The molecule has 0 aliphatic carbocycles. The molecule has 0 saturated heterocycles. The fourth-order valence-electron chi connectivity index (χ4n) is 1.24. The van der Waals surface area contributed by atoms with Crippen LogP contribution in [0.5, 0.6) is 0 Å². The van der Waals surface area contributed by atoms with Gasteiger partial charge in [-0.1, -0.05) is 29.3 Å². The molecular weight excluding hydrogens is 216 g/mol. The maximum atomic E-state index is 11.3. The summed E-state index contributed by atoms with van der Waals surface area (Å²) in [5.41, 5.74) is 1.11. The summed E-state index contributed by atoms with van der Waals surface area (Å²) in [6.07, 6.45) is 0.321. The zero-order chi connectivity index (χ0) is 11.3. The second-order valence-corrected chi connectivity index (χ2v) is 3.92. The van der Waals surface area contributed by atoms with Gasteiger partial charge >= 0.3 is 5.97 Å². The van der Waals surface area contributed by atoms with Gasteiger partial charge in [-0.3, -0.25) is 4.21 Å². The molecule has 0 spiro atoms. The van der Waals surface area contributed by atoms with Crippen LogP contribution in [0.1, 0.15) is 15.9 Å². The molecule has 0 saturated carbocycles. The number of hydrogen-bond donors (Lipinski definition) is 0. The monoisotopic (exact) mass is 227 g/mol. The van der Waals surface area contributed by atoms with Crippen LogP contribution in [0.15, 0.2) is 24.3 Å². The molecule has 1 aromatic rings. The van der Waals surface area contributed by atoms with Gasteiger partial charge in [0.25, 0.3) is 0 Å². The lowest BCUT2D eigenvalue weighted by Crippen LogP contribution is -2.08. The lowest BCUT2D eigenvalue weighted by molar-refractivity contribution is 0.0599. The summed E-state index contributed by atoms with van der Waals surface area (Å²) in [6.45, 7) is 0. The predicted molar refractivity (Wildman–Crippen MR) is 55.3 cm³/mol. The zero-order valence-corrected chi connectivity index (χ0v) is 9.08. The van der Waals surface area contributed by atoms with Crippen molar-refractivity contribution in [1.29, 1.82) is 0 Å². The molecule has 0 bridgehead atoms. The standard InChI is InChI=1S/C10H12O4S/c1-14-10(11)9-5-3-2-4-8(9)6-7-15(12)13/h2-5H,6-7H2,1H3,(H,12,13)/p-1. The van der Waals surface area contributed by atoms with Gasteiger partial charge in [0.1, 0.15) is 0 Å². The lowest BCUT2D eigenvalue weighted by atomic mass is 10.1. The molecule has 0 aromatic heterocycles. The van der Waals surface area contributed by atoms with E-state index in [9.17, 15) is 13.6 Å². The van der Waals surface area contributed by atoms with Gasteiger partial charge in [0, 0.05) is 5.75 Å². The summed E-state index contributed by atoms with van der Waals surface area (Å²) < 4.78 is 25.4. The molecular formula is C10H11O4S-. The first-order valence-corrected chi connectivity index (χ1v) is 5.61. The number of methoxy groups -OCH3 is 1. The Bertz CT molecular complexity index is 375. The molecule has 0 radical (unpaired) electrons. The van der Waals surface area contributed by atoms with Crippen LogP contribution >= 0.6 is 0 Å². The lowest BCUT2D eigenvalue weighted by Gasteiger charge is -2.08. The van der Waals surface area contributed by atoms with Crippen molar-refractivity contribution in [2.45, 2.75) is 6.42 Å². The van der Waals surface area contributed by atoms with Gasteiger partial charge in [-0.25, -0.2) is 4.79 Å². The summed E-state index contributed by atoms with van der Waals surface area (Å²) in [6, 6.07) is 6.81. The Labute approximate surface area is 90.5 Å². The fraction of sp³-hybridized carbons (Fsp3) is 0.300. The number of ether oxygens (including phenoxy) is 1. The minimum Gasteiger partial charge on any atom is -0.772 e. The van der Waals surface area contributed by atoms with E-state index in [1.54, 1.807) is 24.3 Å². The van der Waals surface area contributed by atoms with Crippen LogP contribution in [-0.4, -0.2) is 27.6 Å². The summed E-state index contributed by atoms with van der Waals surface area (Å²) in [7, 11) is 1.30. The molecule has 1 atom stereocenters. The van der Waals surface area contributed by atoms with E-state index in [0.717, 1.165) is 0 Å². The van der Waals surface area contributed by atoms with E-state index in [2.05, 4.69) is 4.74 Å². The minimum absolute atomic E-state index is 0.00794. The number of carbonyl (C=O) groups is 1. The third-order valence-electron chi connectivity index (χ3n) is 1.96. The summed E-state index contributed by atoms with van der Waals surface area (Å²) in [4.78, 5) is 11.3. The Morgan fingerprint density at radius 2 is 2.13 bits per heavy atom. The molecule has 5 heteroatoms. The molecule has 0 heterocycles. The second-order valence-electron chi connectivity index (χ2n) is 2.91. The average Bonchev–Trinajstić information content (AvgIpc) is 2.25. The van der Waals surface area contributed by atoms with Crippen LogP contribution in [0.25, 0.3) is 0 Å². The maximum absolute atomic E-state index is 11.3. The van der Waals surface area contributed by atoms with Gasteiger partial charge in [-0.2, -0.15) is 0 Å². The highest BCUT2D eigenvalue weighted by Gasteiger charge is 2.09. The van der Waals surface area contributed by atoms with E-state index in [0.29, 0.717) is 17.5 Å². The SMILES string of the molecule is COC(=O)c1ccccc1CCS(=O)[O-]. The van der Waals surface area contributed by atoms with E-state index in [1.165, 1.54) is 7.11 Å². The van der Waals surface area contributed by atoms with Crippen molar-refractivity contribution in [3.63, 3.8) is 0 Å². The largest absolute Gasteiger partial charge is 0.772 e. The number of benzene rings is 1. The third kappa shape index (κ3) is 3.45. The summed E-state index contributed by atoms with van der Waals surface area (Å²) in [5.74, 6) is -0.434. The van der Waals surface area contributed by atoms with Crippen LogP contribution in [0.2, 0.25) is 0 Å². The Kier molecular flexibility index (Phi) is 4.45. The molecule has 4 nitrogen and oxygen atoms in total. The normalized spacial score (nSPS) is 12.1. The van der Waals surface area contributed by atoms with E-state index < -0.39 is 17.0 Å². The van der Waals surface area contributed by atoms with Crippen molar-refractivity contribution in [2.24, 2.45) is 0 Å². The molecule has 0 amide bonds. The van der Waals surface area contributed by atoms with Crippen LogP contribution in [-0.2, 0) is 22.2 Å². The number of carbonyl (C=O) groups excluding carboxylic acids is 1. The van der Waals surface area contributed by atoms with E-state index in [4.69, 9.17) is 0 Å². The Morgan fingerprint density at radius 1 is 1.47 bits per heavy atom. The highest BCUT2D eigenvalue weighted by molar-refractivity contribution is 7.79. The van der Waals surface area contributed by atoms with E-state index >= 15 is 0 Å². The van der Waals surface area contributed by atoms with Crippen molar-refractivity contribution >= 4 is 17.0 Å². The highest BCUT2D eigenvalue weighted by Crippen LogP contribution is 2.11. The Balaban J connectivity index is 2.86. The number of hydrogen-bond acceptors (Lipinski definition) is 4. The number of rotatable bonds is 4. The first-order chi connectivity index (χ1) is 7.15. The molecule has 1 rings (SSSR count). The first kappa shape index (κ1) is 11.9. The van der Waals surface area contributed by atoms with Gasteiger partial charge in [-0.15, -0.1) is 0 Å². The van der Waals surface area contributed by atoms with Gasteiger partial charge in [0.15, 0.2) is 0 Å². The molecule has 82 valence electrons.